The maximum Gasteiger partial charge on any atom is 0.416 e. The Kier molecular flexibility index (Phi) is 5.45. The van der Waals surface area contributed by atoms with E-state index in [1.807, 2.05) is 37.3 Å². The van der Waals surface area contributed by atoms with Crippen molar-refractivity contribution < 1.29 is 22.8 Å². The summed E-state index contributed by atoms with van der Waals surface area (Å²) < 4.78 is 38.0. The minimum atomic E-state index is -4.44. The molecule has 2 aromatic rings. The summed E-state index contributed by atoms with van der Waals surface area (Å²) in [4.78, 5) is 27.3. The lowest BCUT2D eigenvalue weighted by atomic mass is 10.0. The van der Waals surface area contributed by atoms with Gasteiger partial charge in [-0.3, -0.25) is 9.59 Å². The second kappa shape index (κ2) is 7.66. The van der Waals surface area contributed by atoms with Crippen molar-refractivity contribution in [2.75, 3.05) is 11.9 Å². The van der Waals surface area contributed by atoms with Gasteiger partial charge < -0.3 is 10.2 Å². The van der Waals surface area contributed by atoms with Crippen molar-refractivity contribution in [3.63, 3.8) is 0 Å². The third-order valence-electron chi connectivity index (χ3n) is 4.95. The van der Waals surface area contributed by atoms with Crippen molar-refractivity contribution in [1.82, 2.24) is 4.90 Å². The summed E-state index contributed by atoms with van der Waals surface area (Å²) >= 11 is 0. The summed E-state index contributed by atoms with van der Waals surface area (Å²) in [5.41, 5.74) is -0.712. The summed E-state index contributed by atoms with van der Waals surface area (Å²) in [6.45, 7) is 2.72. The molecule has 0 atom stereocenters. The summed E-state index contributed by atoms with van der Waals surface area (Å²) in [6.07, 6.45) is -3.57. The Labute approximate surface area is 161 Å². The SMILES string of the molecule is CCN(Cc1ccccc1)C(=O)C1(C(=O)Nc2ccc(C(F)(F)F)cc2)CC1. The highest BCUT2D eigenvalue weighted by molar-refractivity contribution is 6.13. The van der Waals surface area contributed by atoms with Gasteiger partial charge in [0.1, 0.15) is 5.41 Å². The number of carbonyl (C=O) groups is 2. The average Bonchev–Trinajstić information content (AvgIpc) is 3.48. The van der Waals surface area contributed by atoms with Gasteiger partial charge in [0.05, 0.1) is 5.56 Å². The number of nitrogens with zero attached hydrogens (tertiary/aromatic N) is 1. The van der Waals surface area contributed by atoms with Crippen molar-refractivity contribution in [2.45, 2.75) is 32.5 Å². The van der Waals surface area contributed by atoms with Crippen LogP contribution in [0.25, 0.3) is 0 Å². The molecule has 28 heavy (non-hydrogen) atoms. The highest BCUT2D eigenvalue weighted by Gasteiger charge is 2.57. The number of hydrogen-bond acceptors (Lipinski definition) is 2. The van der Waals surface area contributed by atoms with Crippen LogP contribution in [0.5, 0.6) is 0 Å². The van der Waals surface area contributed by atoms with Gasteiger partial charge in [0, 0.05) is 18.8 Å². The number of nitrogens with one attached hydrogen (secondary N) is 1. The molecule has 7 heteroatoms. The molecule has 0 aromatic heterocycles. The third-order valence-corrected chi connectivity index (χ3v) is 4.95. The van der Waals surface area contributed by atoms with E-state index in [0.29, 0.717) is 25.9 Å². The Balaban J connectivity index is 1.69. The topological polar surface area (TPSA) is 49.4 Å². The van der Waals surface area contributed by atoms with E-state index in [1.165, 1.54) is 12.1 Å². The molecule has 0 radical (unpaired) electrons. The molecule has 148 valence electrons. The lowest BCUT2D eigenvalue weighted by molar-refractivity contribution is -0.142. The van der Waals surface area contributed by atoms with Crippen LogP contribution in [-0.2, 0) is 22.3 Å². The quantitative estimate of drug-likeness (QED) is 0.740. The molecule has 2 amide bonds. The number of hydrogen-bond donors (Lipinski definition) is 1. The van der Waals surface area contributed by atoms with Crippen LogP contribution in [0.4, 0.5) is 18.9 Å². The van der Waals surface area contributed by atoms with Gasteiger partial charge in [0.15, 0.2) is 0 Å². The van der Waals surface area contributed by atoms with Crippen molar-refractivity contribution in [2.24, 2.45) is 5.41 Å². The molecule has 0 saturated heterocycles. The van der Waals surface area contributed by atoms with Gasteiger partial charge in [-0.15, -0.1) is 0 Å². The van der Waals surface area contributed by atoms with Crippen molar-refractivity contribution in [1.29, 1.82) is 0 Å². The predicted octanol–water partition coefficient (Wildman–Crippen LogP) is 4.47. The Hall–Kier alpha value is -2.83. The Bertz CT molecular complexity index is 844. The molecule has 0 bridgehead atoms. The van der Waals surface area contributed by atoms with Crippen molar-refractivity contribution >= 4 is 17.5 Å². The number of carbonyl (C=O) groups excluding carboxylic acids is 2. The van der Waals surface area contributed by atoms with E-state index in [4.69, 9.17) is 0 Å². The number of amides is 2. The van der Waals surface area contributed by atoms with E-state index < -0.39 is 23.1 Å². The Morgan fingerprint density at radius 3 is 2.14 bits per heavy atom. The first kappa shape index (κ1) is 19.9. The smallest absolute Gasteiger partial charge is 0.338 e. The van der Waals surface area contributed by atoms with Crippen LogP contribution in [0.3, 0.4) is 0 Å². The van der Waals surface area contributed by atoms with Crippen LogP contribution in [0.15, 0.2) is 54.6 Å². The highest BCUT2D eigenvalue weighted by atomic mass is 19.4. The molecule has 0 aliphatic heterocycles. The van der Waals surface area contributed by atoms with Gasteiger partial charge >= 0.3 is 6.18 Å². The van der Waals surface area contributed by atoms with Gasteiger partial charge in [0.25, 0.3) is 0 Å². The van der Waals surface area contributed by atoms with Gasteiger partial charge in [-0.2, -0.15) is 13.2 Å². The van der Waals surface area contributed by atoms with E-state index in [1.54, 1.807) is 4.90 Å². The highest BCUT2D eigenvalue weighted by Crippen LogP contribution is 2.48. The van der Waals surface area contributed by atoms with Gasteiger partial charge in [-0.05, 0) is 49.6 Å². The number of halogens is 3. The van der Waals surface area contributed by atoms with Crippen LogP contribution in [-0.4, -0.2) is 23.3 Å². The van der Waals surface area contributed by atoms with Crippen molar-refractivity contribution in [3.05, 3.63) is 65.7 Å². The zero-order valence-electron chi connectivity index (χ0n) is 15.4. The summed E-state index contributed by atoms with van der Waals surface area (Å²) in [6, 6.07) is 13.7. The zero-order chi connectivity index (χ0) is 20.4. The average molecular weight is 390 g/mol. The van der Waals surface area contributed by atoms with E-state index in [0.717, 1.165) is 17.7 Å². The monoisotopic (exact) mass is 390 g/mol. The molecule has 3 rings (SSSR count). The first-order valence-corrected chi connectivity index (χ1v) is 9.08. The number of alkyl halides is 3. The van der Waals surface area contributed by atoms with E-state index in [-0.39, 0.29) is 11.6 Å². The number of benzene rings is 2. The van der Waals surface area contributed by atoms with E-state index in [2.05, 4.69) is 5.32 Å². The Morgan fingerprint density at radius 1 is 1.04 bits per heavy atom. The molecular weight excluding hydrogens is 369 g/mol. The zero-order valence-corrected chi connectivity index (χ0v) is 15.4. The second-order valence-electron chi connectivity index (χ2n) is 6.92. The van der Waals surface area contributed by atoms with Gasteiger partial charge in [-0.1, -0.05) is 30.3 Å². The lowest BCUT2D eigenvalue weighted by Gasteiger charge is -2.26. The van der Waals surface area contributed by atoms with Crippen LogP contribution in [0.1, 0.15) is 30.9 Å². The normalized spacial score (nSPS) is 15.0. The fourth-order valence-electron chi connectivity index (χ4n) is 3.09. The standard InChI is InChI=1S/C21H21F3N2O2/c1-2-26(14-15-6-4-3-5-7-15)19(28)20(12-13-20)18(27)25-17-10-8-16(9-11-17)21(22,23)24/h3-11H,2,12-14H2,1H3,(H,25,27). The molecule has 0 spiro atoms. The summed E-state index contributed by atoms with van der Waals surface area (Å²) in [7, 11) is 0. The minimum Gasteiger partial charge on any atom is -0.338 e. The van der Waals surface area contributed by atoms with Crippen LogP contribution >= 0.6 is 0 Å². The van der Waals surface area contributed by atoms with Crippen LogP contribution < -0.4 is 5.32 Å². The fourth-order valence-corrected chi connectivity index (χ4v) is 3.09. The number of rotatable bonds is 6. The predicted molar refractivity (Wildman–Crippen MR) is 99.3 cm³/mol. The van der Waals surface area contributed by atoms with E-state index in [9.17, 15) is 22.8 Å². The molecule has 2 aromatic carbocycles. The molecule has 1 aliphatic carbocycles. The molecule has 1 saturated carbocycles. The second-order valence-corrected chi connectivity index (χ2v) is 6.92. The van der Waals surface area contributed by atoms with Gasteiger partial charge in [-0.25, -0.2) is 0 Å². The molecule has 4 nitrogen and oxygen atoms in total. The fraction of sp³-hybridized carbons (Fsp3) is 0.333. The molecule has 0 heterocycles. The molecule has 1 aliphatic rings. The lowest BCUT2D eigenvalue weighted by Crippen LogP contribution is -2.42. The summed E-state index contributed by atoms with van der Waals surface area (Å²) in [5.74, 6) is -0.716. The maximum atomic E-state index is 13.0. The molecule has 1 N–H and O–H groups in total. The van der Waals surface area contributed by atoms with Crippen molar-refractivity contribution in [3.8, 4) is 0 Å². The Morgan fingerprint density at radius 2 is 1.64 bits per heavy atom. The number of anilines is 1. The molecule has 0 unspecified atom stereocenters. The molecule has 1 fully saturated rings. The largest absolute Gasteiger partial charge is 0.416 e. The van der Waals surface area contributed by atoms with Gasteiger partial charge in [0.2, 0.25) is 11.8 Å². The van der Waals surface area contributed by atoms with Crippen LogP contribution in [0, 0.1) is 5.41 Å². The van der Waals surface area contributed by atoms with Crippen LogP contribution in [0.2, 0.25) is 0 Å². The summed E-state index contributed by atoms with van der Waals surface area (Å²) in [5, 5.41) is 2.59. The maximum absolute atomic E-state index is 13.0. The van der Waals surface area contributed by atoms with E-state index >= 15 is 0 Å². The third kappa shape index (κ3) is 4.18. The molecular formula is C21H21F3N2O2. The minimum absolute atomic E-state index is 0.239. The first-order chi connectivity index (χ1) is 13.3. The first-order valence-electron chi connectivity index (χ1n) is 9.08.